The van der Waals surface area contributed by atoms with Crippen LogP contribution in [0, 0.1) is 0 Å². The van der Waals surface area contributed by atoms with Crippen molar-refractivity contribution in [1.82, 2.24) is 0 Å². The number of ether oxygens (including phenoxy) is 2. The van der Waals surface area contributed by atoms with E-state index in [9.17, 15) is 0 Å². The first-order chi connectivity index (χ1) is 32.0. The normalized spacial score (nSPS) is 11.4. The van der Waals surface area contributed by atoms with Crippen molar-refractivity contribution in [2.75, 3.05) is 0 Å². The monoisotopic (exact) mass is 844 g/mol. The molecule has 8 rings (SSSR count). The van der Waals surface area contributed by atoms with Gasteiger partial charge in [0.05, 0.1) is 22.7 Å². The number of rotatable bonds is 18. The zero-order valence-electron chi connectivity index (χ0n) is 36.1. The second-order valence-corrected chi connectivity index (χ2v) is 15.3. The Labute approximate surface area is 381 Å². The van der Waals surface area contributed by atoms with Crippen molar-refractivity contribution in [3.63, 3.8) is 0 Å². The van der Waals surface area contributed by atoms with Gasteiger partial charge in [-0.3, -0.25) is 20.0 Å². The van der Waals surface area contributed by atoms with Crippen LogP contribution in [0.4, 0.5) is 22.7 Å². The number of nitrogens with zero attached hydrogens (tertiary/aromatic N) is 4. The molecular formula is C59H48N4O2. The first kappa shape index (κ1) is 43.2. The molecular weight excluding hydrogens is 797 g/mol. The van der Waals surface area contributed by atoms with E-state index in [2.05, 4.69) is 83.8 Å². The molecule has 6 nitrogen and oxygen atoms in total. The van der Waals surface area contributed by atoms with Crippen LogP contribution in [0.15, 0.2) is 227 Å². The molecule has 0 amide bonds. The van der Waals surface area contributed by atoms with Crippen LogP contribution in [0.5, 0.6) is 11.5 Å². The minimum atomic E-state index is 0.480. The summed E-state index contributed by atoms with van der Waals surface area (Å²) in [5.74, 6) is 1.55. The molecule has 0 saturated carbocycles. The fraction of sp³-hybridized carbons (Fsp3) is 0.0508. The number of aliphatic imine (C=N–C) groups is 4. The minimum Gasteiger partial charge on any atom is -0.489 e. The Morgan fingerprint density at radius 2 is 0.677 bits per heavy atom. The molecule has 0 fully saturated rings. The van der Waals surface area contributed by atoms with Gasteiger partial charge in [-0.1, -0.05) is 147 Å². The Morgan fingerprint density at radius 3 is 1.05 bits per heavy atom. The molecule has 0 saturated heterocycles. The molecule has 0 aliphatic rings. The second-order valence-electron chi connectivity index (χ2n) is 15.3. The highest BCUT2D eigenvalue weighted by Gasteiger charge is 2.03. The molecule has 0 bridgehead atoms. The molecule has 0 spiro atoms. The van der Waals surface area contributed by atoms with Crippen LogP contribution in [0.1, 0.15) is 55.6 Å². The first-order valence-corrected chi connectivity index (χ1v) is 21.4. The molecule has 8 aromatic rings. The Bertz CT molecular complexity index is 2760. The lowest BCUT2D eigenvalue weighted by Gasteiger charge is -2.07. The third-order valence-corrected chi connectivity index (χ3v) is 10.4. The molecule has 0 aromatic heterocycles. The molecule has 8 aromatic carbocycles. The summed E-state index contributed by atoms with van der Waals surface area (Å²) in [6.07, 6.45) is 12.0. The Kier molecular flexibility index (Phi) is 14.6. The average molecular weight is 845 g/mol. The second kappa shape index (κ2) is 22.0. The summed E-state index contributed by atoms with van der Waals surface area (Å²) in [5.41, 5.74) is 14.2. The van der Waals surface area contributed by atoms with Gasteiger partial charge in [0.2, 0.25) is 0 Å². The van der Waals surface area contributed by atoms with Gasteiger partial charge in [0.15, 0.2) is 0 Å². The highest BCUT2D eigenvalue weighted by Crippen LogP contribution is 2.24. The Hall–Kier alpha value is -8.48. The van der Waals surface area contributed by atoms with Crippen LogP contribution < -0.4 is 9.47 Å². The van der Waals surface area contributed by atoms with Crippen molar-refractivity contribution in [3.8, 4) is 11.5 Å². The van der Waals surface area contributed by atoms with E-state index < -0.39 is 0 Å². The molecule has 0 aliphatic carbocycles. The van der Waals surface area contributed by atoms with Crippen molar-refractivity contribution >= 4 is 59.8 Å². The number of benzene rings is 8. The predicted molar refractivity (Wildman–Crippen MR) is 272 cm³/mol. The van der Waals surface area contributed by atoms with Gasteiger partial charge >= 0.3 is 0 Å². The molecule has 0 atom stereocenters. The Balaban J connectivity index is 0.773. The van der Waals surface area contributed by atoms with Gasteiger partial charge in [-0.2, -0.15) is 0 Å². The zero-order chi connectivity index (χ0) is 44.5. The van der Waals surface area contributed by atoms with E-state index in [0.717, 1.165) is 85.2 Å². The van der Waals surface area contributed by atoms with Gasteiger partial charge in [-0.15, -0.1) is 0 Å². The lowest BCUT2D eigenvalue weighted by molar-refractivity contribution is 0.306. The summed E-state index contributed by atoms with van der Waals surface area (Å²) in [7, 11) is 0. The van der Waals surface area contributed by atoms with Crippen LogP contribution in [-0.4, -0.2) is 24.9 Å². The third kappa shape index (κ3) is 13.3. The van der Waals surface area contributed by atoms with E-state index in [1.54, 1.807) is 0 Å². The summed E-state index contributed by atoms with van der Waals surface area (Å²) in [6.45, 7) is 8.65. The van der Waals surface area contributed by atoms with Crippen LogP contribution in [0.3, 0.4) is 0 Å². The topological polar surface area (TPSA) is 67.9 Å². The van der Waals surface area contributed by atoms with Gasteiger partial charge in [-0.25, -0.2) is 0 Å². The molecule has 0 radical (unpaired) electrons. The maximum absolute atomic E-state index is 6.02. The van der Waals surface area contributed by atoms with Crippen molar-refractivity contribution in [3.05, 3.63) is 263 Å². The number of hydrogen-bond donors (Lipinski definition) is 0. The quantitative estimate of drug-likeness (QED) is 0.0807. The molecule has 0 unspecified atom stereocenters. The summed E-state index contributed by atoms with van der Waals surface area (Å²) in [4.78, 5) is 18.7. The van der Waals surface area contributed by atoms with Crippen molar-refractivity contribution in [1.29, 1.82) is 0 Å². The van der Waals surface area contributed by atoms with Gasteiger partial charge in [0.1, 0.15) is 24.7 Å². The molecule has 0 N–H and O–H groups in total. The summed E-state index contributed by atoms with van der Waals surface area (Å²) in [6, 6.07) is 65.0. The number of hydrogen-bond acceptors (Lipinski definition) is 6. The van der Waals surface area contributed by atoms with E-state index in [1.165, 1.54) is 11.1 Å². The molecule has 0 aliphatic heterocycles. The van der Waals surface area contributed by atoms with Crippen molar-refractivity contribution < 1.29 is 9.47 Å². The van der Waals surface area contributed by atoms with Crippen molar-refractivity contribution in [2.45, 2.75) is 19.6 Å². The smallest absolute Gasteiger partial charge is 0.121 e. The average Bonchev–Trinajstić information content (AvgIpc) is 3.37. The molecule has 65 heavy (non-hydrogen) atoms. The van der Waals surface area contributed by atoms with Crippen LogP contribution in [0.25, 0.3) is 12.2 Å². The minimum absolute atomic E-state index is 0.480. The van der Waals surface area contributed by atoms with Crippen LogP contribution >= 0.6 is 0 Å². The zero-order valence-corrected chi connectivity index (χ0v) is 36.1. The van der Waals surface area contributed by atoms with Gasteiger partial charge in [0.25, 0.3) is 0 Å². The van der Waals surface area contributed by atoms with E-state index >= 15 is 0 Å². The first-order valence-electron chi connectivity index (χ1n) is 21.4. The summed E-state index contributed by atoms with van der Waals surface area (Å²) in [5, 5.41) is 0. The highest BCUT2D eigenvalue weighted by molar-refractivity contribution is 5.87. The van der Waals surface area contributed by atoms with Gasteiger partial charge in [-0.05, 0) is 123 Å². The highest BCUT2D eigenvalue weighted by atomic mass is 16.5. The van der Waals surface area contributed by atoms with E-state index in [1.807, 2.05) is 170 Å². The van der Waals surface area contributed by atoms with E-state index in [4.69, 9.17) is 19.5 Å². The fourth-order valence-corrected chi connectivity index (χ4v) is 6.83. The lowest BCUT2D eigenvalue weighted by Crippen LogP contribution is -1.95. The Morgan fingerprint density at radius 1 is 0.323 bits per heavy atom. The lowest BCUT2D eigenvalue weighted by atomic mass is 10.0. The van der Waals surface area contributed by atoms with Gasteiger partial charge in [0, 0.05) is 37.0 Å². The predicted octanol–water partition coefficient (Wildman–Crippen LogP) is 14.7. The van der Waals surface area contributed by atoms with E-state index in [0.29, 0.717) is 13.2 Å². The molecule has 316 valence electrons. The summed E-state index contributed by atoms with van der Waals surface area (Å²) >= 11 is 0. The SMILES string of the molecule is C=Cc1cccc(COc2cccc(N=Cc3ccc(C=Nc4ccc(Cc5ccc(N=Cc6ccc(C=Nc7cccc(OCc8cccc(C=C)c8)c7)cc6)cc5)cc4)cc3)c2)c1. The third-order valence-electron chi connectivity index (χ3n) is 10.4. The van der Waals surface area contributed by atoms with Gasteiger partial charge < -0.3 is 9.47 Å². The van der Waals surface area contributed by atoms with Crippen LogP contribution in [0.2, 0.25) is 0 Å². The largest absolute Gasteiger partial charge is 0.489 e. The standard InChI is InChI=1S/C59H48N4O2/c1-3-44-9-5-11-52(33-44)42-64-58-15-7-13-56(36-58)62-40-50-21-17-48(18-22-50)38-60-54-29-25-46(26-30-54)35-47-27-31-55(32-28-47)61-39-49-19-23-51(24-20-49)41-63-57-14-8-16-59(37-57)65-43-53-12-6-10-45(4-2)34-53/h3-34,36-41H,1-2,35,42-43H2. The molecule has 0 heterocycles. The summed E-state index contributed by atoms with van der Waals surface area (Å²) < 4.78 is 12.0. The fourth-order valence-electron chi connectivity index (χ4n) is 6.83. The van der Waals surface area contributed by atoms with Crippen molar-refractivity contribution in [2.24, 2.45) is 20.0 Å². The maximum Gasteiger partial charge on any atom is 0.121 e. The van der Waals surface area contributed by atoms with Crippen LogP contribution in [-0.2, 0) is 19.6 Å². The maximum atomic E-state index is 6.02. The molecule has 6 heteroatoms. The van der Waals surface area contributed by atoms with E-state index in [-0.39, 0.29) is 0 Å².